The van der Waals surface area contributed by atoms with Gasteiger partial charge < -0.3 is 9.47 Å². The Labute approximate surface area is 151 Å². The number of sulfonamides is 1. The molecular weight excluding hydrogens is 361 g/mol. The first-order valence-electron chi connectivity index (χ1n) is 7.90. The molecule has 0 saturated carbocycles. The van der Waals surface area contributed by atoms with Crippen LogP contribution >= 0.6 is 0 Å². The van der Waals surface area contributed by atoms with Crippen LogP contribution in [0.1, 0.15) is 21.5 Å². The van der Waals surface area contributed by atoms with E-state index in [0.29, 0.717) is 17.7 Å². The molecule has 8 heteroatoms. The minimum atomic E-state index is -3.76. The normalized spacial score (nSPS) is 14.6. The van der Waals surface area contributed by atoms with Gasteiger partial charge in [-0.1, -0.05) is 0 Å². The number of ether oxygens (including phenoxy) is 2. The fourth-order valence-electron chi connectivity index (χ4n) is 2.96. The van der Waals surface area contributed by atoms with Crippen molar-refractivity contribution in [3.05, 3.63) is 58.9 Å². The minimum Gasteiger partial charge on any atom is -0.496 e. The maximum atomic E-state index is 13.1. The van der Waals surface area contributed by atoms with E-state index in [1.54, 1.807) is 12.1 Å². The topological polar surface area (TPSA) is 72.9 Å². The molecule has 0 saturated heterocycles. The highest BCUT2D eigenvalue weighted by molar-refractivity contribution is 7.89. The van der Waals surface area contributed by atoms with Crippen molar-refractivity contribution < 1.29 is 27.1 Å². The highest BCUT2D eigenvalue weighted by atomic mass is 32.2. The SMILES string of the molecule is COC(=O)c1cc2c(cc1OC)CCN(S(=O)(=O)c1ccc(F)cc1)C2. The molecular formula is C18H18FNO5S. The lowest BCUT2D eigenvalue weighted by atomic mass is 9.97. The van der Waals surface area contributed by atoms with E-state index < -0.39 is 21.8 Å². The molecule has 0 aliphatic carbocycles. The Bertz CT molecular complexity index is 941. The maximum absolute atomic E-state index is 13.1. The van der Waals surface area contributed by atoms with Crippen molar-refractivity contribution in [2.75, 3.05) is 20.8 Å². The molecule has 1 aliphatic rings. The fourth-order valence-corrected chi connectivity index (χ4v) is 4.38. The van der Waals surface area contributed by atoms with Gasteiger partial charge in [-0.3, -0.25) is 0 Å². The number of hydrogen-bond donors (Lipinski definition) is 0. The van der Waals surface area contributed by atoms with E-state index in [1.807, 2.05) is 0 Å². The lowest BCUT2D eigenvalue weighted by molar-refractivity contribution is 0.0597. The third kappa shape index (κ3) is 3.30. The smallest absolute Gasteiger partial charge is 0.341 e. The van der Waals surface area contributed by atoms with Gasteiger partial charge in [0, 0.05) is 13.1 Å². The summed E-state index contributed by atoms with van der Waals surface area (Å²) in [6, 6.07) is 8.06. The molecule has 2 aromatic carbocycles. The molecule has 0 spiro atoms. The second-order valence-electron chi connectivity index (χ2n) is 5.86. The van der Waals surface area contributed by atoms with Crippen LogP contribution in [0.2, 0.25) is 0 Å². The molecule has 0 fully saturated rings. The molecule has 26 heavy (non-hydrogen) atoms. The van der Waals surface area contributed by atoms with Crippen LogP contribution < -0.4 is 4.74 Å². The quantitative estimate of drug-likeness (QED) is 0.763. The van der Waals surface area contributed by atoms with Gasteiger partial charge in [0.1, 0.15) is 17.1 Å². The third-order valence-electron chi connectivity index (χ3n) is 4.36. The van der Waals surface area contributed by atoms with Crippen molar-refractivity contribution >= 4 is 16.0 Å². The largest absolute Gasteiger partial charge is 0.496 e. The second-order valence-corrected chi connectivity index (χ2v) is 7.79. The minimum absolute atomic E-state index is 0.0315. The summed E-state index contributed by atoms with van der Waals surface area (Å²) in [5.74, 6) is -0.656. The van der Waals surface area contributed by atoms with Gasteiger partial charge in [0.05, 0.1) is 19.1 Å². The van der Waals surface area contributed by atoms with Gasteiger partial charge in [-0.2, -0.15) is 4.31 Å². The number of rotatable bonds is 4. The number of methoxy groups -OCH3 is 2. The number of esters is 1. The zero-order valence-corrected chi connectivity index (χ0v) is 15.2. The molecule has 0 atom stereocenters. The fraction of sp³-hybridized carbons (Fsp3) is 0.278. The first-order valence-corrected chi connectivity index (χ1v) is 9.34. The molecule has 3 rings (SSSR count). The lowest BCUT2D eigenvalue weighted by Gasteiger charge is -2.29. The maximum Gasteiger partial charge on any atom is 0.341 e. The van der Waals surface area contributed by atoms with E-state index in [9.17, 15) is 17.6 Å². The molecule has 138 valence electrons. The Hall–Kier alpha value is -2.45. The van der Waals surface area contributed by atoms with Crippen LogP contribution in [0.15, 0.2) is 41.3 Å². The second kappa shape index (κ2) is 7.05. The molecule has 0 amide bonds. The van der Waals surface area contributed by atoms with Crippen LogP contribution in [-0.4, -0.2) is 39.5 Å². The summed E-state index contributed by atoms with van der Waals surface area (Å²) in [6.07, 6.45) is 0.480. The summed E-state index contributed by atoms with van der Waals surface area (Å²) in [7, 11) is -1.03. The van der Waals surface area contributed by atoms with E-state index in [4.69, 9.17) is 9.47 Å². The molecule has 0 radical (unpaired) electrons. The first kappa shape index (κ1) is 18.3. The Morgan fingerprint density at radius 1 is 1.12 bits per heavy atom. The molecule has 1 heterocycles. The highest BCUT2D eigenvalue weighted by Crippen LogP contribution is 2.30. The number of halogens is 1. The lowest BCUT2D eigenvalue weighted by Crippen LogP contribution is -2.36. The number of fused-ring (bicyclic) bond motifs is 1. The Morgan fingerprint density at radius 3 is 2.42 bits per heavy atom. The number of carbonyl (C=O) groups is 1. The van der Waals surface area contributed by atoms with E-state index in [2.05, 4.69) is 0 Å². The van der Waals surface area contributed by atoms with E-state index >= 15 is 0 Å². The molecule has 0 unspecified atom stereocenters. The zero-order chi connectivity index (χ0) is 18.9. The number of nitrogens with zero attached hydrogens (tertiary/aromatic N) is 1. The van der Waals surface area contributed by atoms with Gasteiger partial charge in [-0.05, 0) is 53.9 Å². The van der Waals surface area contributed by atoms with Crippen LogP contribution in [0.3, 0.4) is 0 Å². The van der Waals surface area contributed by atoms with Crippen molar-refractivity contribution in [1.29, 1.82) is 0 Å². The Balaban J connectivity index is 1.96. The van der Waals surface area contributed by atoms with Gasteiger partial charge in [-0.15, -0.1) is 0 Å². The average molecular weight is 379 g/mol. The van der Waals surface area contributed by atoms with Crippen molar-refractivity contribution in [3.63, 3.8) is 0 Å². The summed E-state index contributed by atoms with van der Waals surface area (Å²) in [4.78, 5) is 12.0. The van der Waals surface area contributed by atoms with Crippen LogP contribution in [0.25, 0.3) is 0 Å². The predicted molar refractivity (Wildman–Crippen MR) is 92.0 cm³/mol. The van der Waals surface area contributed by atoms with Crippen LogP contribution in [-0.2, 0) is 27.7 Å². The van der Waals surface area contributed by atoms with E-state index in [0.717, 1.165) is 17.7 Å². The molecule has 0 aromatic heterocycles. The van der Waals surface area contributed by atoms with Crippen LogP contribution in [0.5, 0.6) is 5.75 Å². The van der Waals surface area contributed by atoms with Gasteiger partial charge in [0.2, 0.25) is 10.0 Å². The van der Waals surface area contributed by atoms with E-state index in [1.165, 1.54) is 30.7 Å². The van der Waals surface area contributed by atoms with Crippen molar-refractivity contribution in [2.45, 2.75) is 17.9 Å². The monoisotopic (exact) mass is 379 g/mol. The highest BCUT2D eigenvalue weighted by Gasteiger charge is 2.30. The van der Waals surface area contributed by atoms with Gasteiger partial charge in [0.15, 0.2) is 0 Å². The average Bonchev–Trinajstić information content (AvgIpc) is 2.66. The standard InChI is InChI=1S/C18H18FNO5S/c1-24-17-10-12-7-8-20(11-13(12)9-16(17)18(21)25-2)26(22,23)15-5-3-14(19)4-6-15/h3-6,9-10H,7-8,11H2,1-2H3. The molecule has 0 bridgehead atoms. The van der Waals surface area contributed by atoms with Gasteiger partial charge in [0.25, 0.3) is 0 Å². The Kier molecular flexibility index (Phi) is 4.97. The summed E-state index contributed by atoms with van der Waals surface area (Å²) in [5.41, 5.74) is 1.87. The third-order valence-corrected chi connectivity index (χ3v) is 6.22. The van der Waals surface area contributed by atoms with Gasteiger partial charge in [-0.25, -0.2) is 17.6 Å². The van der Waals surface area contributed by atoms with Gasteiger partial charge >= 0.3 is 5.97 Å². The molecule has 6 nitrogen and oxygen atoms in total. The van der Waals surface area contributed by atoms with Crippen molar-refractivity contribution in [1.82, 2.24) is 4.31 Å². The molecule has 1 aliphatic heterocycles. The van der Waals surface area contributed by atoms with Crippen LogP contribution in [0, 0.1) is 5.82 Å². The first-order chi connectivity index (χ1) is 12.4. The van der Waals surface area contributed by atoms with E-state index in [-0.39, 0.29) is 23.5 Å². The molecule has 0 N–H and O–H groups in total. The Morgan fingerprint density at radius 2 is 1.81 bits per heavy atom. The summed E-state index contributed by atoms with van der Waals surface area (Å²) in [6.45, 7) is 0.399. The zero-order valence-electron chi connectivity index (χ0n) is 14.4. The number of carbonyl (C=O) groups excluding carboxylic acids is 1. The number of hydrogen-bond acceptors (Lipinski definition) is 5. The molecule has 2 aromatic rings. The van der Waals surface area contributed by atoms with Crippen molar-refractivity contribution in [3.8, 4) is 5.75 Å². The van der Waals surface area contributed by atoms with Crippen LogP contribution in [0.4, 0.5) is 4.39 Å². The summed E-state index contributed by atoms with van der Waals surface area (Å²) in [5, 5.41) is 0. The van der Waals surface area contributed by atoms with Crippen molar-refractivity contribution in [2.24, 2.45) is 0 Å². The summed E-state index contributed by atoms with van der Waals surface area (Å²) < 4.78 is 50.0. The predicted octanol–water partition coefficient (Wildman–Crippen LogP) is 2.37. The number of benzene rings is 2. The summed E-state index contributed by atoms with van der Waals surface area (Å²) >= 11 is 0.